The van der Waals surface area contributed by atoms with Crippen molar-refractivity contribution >= 4 is 19.8 Å². The van der Waals surface area contributed by atoms with Crippen molar-refractivity contribution in [3.63, 3.8) is 0 Å². The SMILES string of the molecule is CC/C=C\C/C=C\C/C=C\C/C=C\C/C=C\C/C=C\C/C=C\CCCCCCCCCCCCCCCCCCCC(=O)OC(COC(=O)CCCCCCCCC/C=C\C/C=C\C/C=C\C/C=C\C/C=C\CC)COP(=O)([O-])OCC[N+](C)(C)C. The Morgan fingerprint density at radius 1 is 0.360 bits per heavy atom. The molecule has 490 valence electrons. The monoisotopic (exact) mass is 1210 g/mol. The van der Waals surface area contributed by atoms with Crippen molar-refractivity contribution in [1.29, 1.82) is 0 Å². The molecule has 0 N–H and O–H groups in total. The van der Waals surface area contributed by atoms with Gasteiger partial charge in [-0.15, -0.1) is 0 Å². The topological polar surface area (TPSA) is 111 Å². The highest BCUT2D eigenvalue weighted by molar-refractivity contribution is 7.45. The molecule has 0 bridgehead atoms. The quantitative estimate of drug-likeness (QED) is 0.0195. The molecule has 0 saturated heterocycles. The summed E-state index contributed by atoms with van der Waals surface area (Å²) in [6.07, 6.45) is 96.4. The Balaban J connectivity index is 4.05. The first-order chi connectivity index (χ1) is 42.0. The van der Waals surface area contributed by atoms with Crippen LogP contribution in [0.2, 0.25) is 0 Å². The summed E-state index contributed by atoms with van der Waals surface area (Å²) >= 11 is 0. The Morgan fingerprint density at radius 3 is 0.930 bits per heavy atom. The van der Waals surface area contributed by atoms with Crippen LogP contribution < -0.4 is 4.89 Å². The van der Waals surface area contributed by atoms with Crippen molar-refractivity contribution in [2.45, 2.75) is 277 Å². The summed E-state index contributed by atoms with van der Waals surface area (Å²) in [7, 11) is 1.15. The molecule has 0 aromatic heterocycles. The van der Waals surface area contributed by atoms with E-state index in [4.69, 9.17) is 18.5 Å². The predicted octanol–water partition coefficient (Wildman–Crippen LogP) is 22.0. The molecule has 0 spiro atoms. The molecule has 9 nitrogen and oxygen atoms in total. The Labute approximate surface area is 529 Å². The molecule has 0 aliphatic rings. The lowest BCUT2D eigenvalue weighted by Gasteiger charge is -2.28. The number of nitrogens with zero attached hydrogens (tertiary/aromatic N) is 1. The molecule has 0 saturated carbocycles. The molecular formula is C76H128NO8P. The van der Waals surface area contributed by atoms with Gasteiger partial charge >= 0.3 is 11.9 Å². The third-order valence-electron chi connectivity index (χ3n) is 14.4. The molecule has 0 radical (unpaired) electrons. The van der Waals surface area contributed by atoms with Crippen LogP contribution in [0.4, 0.5) is 0 Å². The summed E-state index contributed by atoms with van der Waals surface area (Å²) < 4.78 is 34.3. The number of ether oxygens (including phenoxy) is 2. The Kier molecular flexibility index (Phi) is 62.2. The van der Waals surface area contributed by atoms with Crippen LogP contribution in [-0.2, 0) is 32.7 Å². The number of phosphoric acid groups is 1. The zero-order valence-corrected chi connectivity index (χ0v) is 56.6. The van der Waals surface area contributed by atoms with Crippen molar-refractivity contribution in [2.24, 2.45) is 0 Å². The second-order valence-electron chi connectivity index (χ2n) is 23.8. The Morgan fingerprint density at radius 2 is 0.628 bits per heavy atom. The van der Waals surface area contributed by atoms with Crippen LogP contribution in [0.5, 0.6) is 0 Å². The molecular weight excluding hydrogens is 1090 g/mol. The second kappa shape index (κ2) is 65.3. The number of hydrogen-bond donors (Lipinski definition) is 0. The van der Waals surface area contributed by atoms with E-state index in [0.717, 1.165) is 122 Å². The van der Waals surface area contributed by atoms with Gasteiger partial charge in [-0.05, 0) is 116 Å². The highest BCUT2D eigenvalue weighted by Crippen LogP contribution is 2.38. The van der Waals surface area contributed by atoms with E-state index >= 15 is 0 Å². The van der Waals surface area contributed by atoms with Gasteiger partial charge in [0.05, 0.1) is 27.7 Å². The zero-order chi connectivity index (χ0) is 62.6. The number of esters is 2. The number of allylic oxidation sites excluding steroid dienone is 24. The number of carbonyl (C=O) groups excluding carboxylic acids is 2. The highest BCUT2D eigenvalue weighted by atomic mass is 31.2. The van der Waals surface area contributed by atoms with Crippen LogP contribution in [0.15, 0.2) is 146 Å². The fourth-order valence-electron chi connectivity index (χ4n) is 9.14. The molecule has 0 amide bonds. The van der Waals surface area contributed by atoms with Gasteiger partial charge in [-0.3, -0.25) is 14.2 Å². The van der Waals surface area contributed by atoms with Gasteiger partial charge in [0.15, 0.2) is 6.10 Å². The van der Waals surface area contributed by atoms with Crippen LogP contribution in [0.1, 0.15) is 271 Å². The average molecular weight is 1210 g/mol. The van der Waals surface area contributed by atoms with Crippen LogP contribution in [0, 0.1) is 0 Å². The minimum Gasteiger partial charge on any atom is -0.756 e. The van der Waals surface area contributed by atoms with Gasteiger partial charge in [-0.2, -0.15) is 0 Å². The molecule has 86 heavy (non-hydrogen) atoms. The molecule has 10 heteroatoms. The Bertz CT molecular complexity index is 1960. The van der Waals surface area contributed by atoms with Crippen molar-refractivity contribution in [1.82, 2.24) is 0 Å². The number of phosphoric ester groups is 1. The highest BCUT2D eigenvalue weighted by Gasteiger charge is 2.22. The molecule has 0 aromatic carbocycles. The average Bonchev–Trinajstić information content (AvgIpc) is 3.56. The van der Waals surface area contributed by atoms with Gasteiger partial charge < -0.3 is 27.9 Å². The first-order valence-corrected chi connectivity index (χ1v) is 36.0. The summed E-state index contributed by atoms with van der Waals surface area (Å²) in [5, 5.41) is 0. The molecule has 2 unspecified atom stereocenters. The summed E-state index contributed by atoms with van der Waals surface area (Å²) in [5.74, 6) is -0.848. The van der Waals surface area contributed by atoms with E-state index in [9.17, 15) is 19.0 Å². The van der Waals surface area contributed by atoms with E-state index in [2.05, 4.69) is 160 Å². The first kappa shape index (κ1) is 81.9. The molecule has 0 aromatic rings. The van der Waals surface area contributed by atoms with Crippen molar-refractivity contribution in [3.05, 3.63) is 146 Å². The normalized spacial score (nSPS) is 14.1. The maximum atomic E-state index is 12.9. The fraction of sp³-hybridized carbons (Fsp3) is 0.658. The number of quaternary nitrogens is 1. The molecule has 2 atom stereocenters. The zero-order valence-electron chi connectivity index (χ0n) is 55.7. The standard InChI is InChI=1S/C76H128NO8P/c1-6-8-10-12-14-16-18-20-22-24-26-28-30-31-32-33-34-35-36-37-38-39-40-41-42-43-44-45-47-49-51-53-55-57-59-61-63-65-67-69-76(79)85-74(73-84-86(80,81)83-71-70-77(3,4)5)72-82-75(78)68-66-64-62-60-58-56-54-52-50-48-46-29-27-25-23-21-19-17-15-13-11-9-7-2/h8-11,14-17,20-23,26-29,31-32,34-35,37-38,48,50,74H,6-7,12-13,18-19,24-25,30,33,36,39-47,49,51-73H2,1-5H3/b10-8-,11-9-,16-14-,17-15-,22-20-,23-21-,28-26-,29-27-,32-31-,35-34-,38-37-,50-48-. The van der Waals surface area contributed by atoms with Crippen LogP contribution in [0.25, 0.3) is 0 Å². The summed E-state index contributed by atoms with van der Waals surface area (Å²) in [6.45, 7) is 4.00. The maximum Gasteiger partial charge on any atom is 0.306 e. The summed E-state index contributed by atoms with van der Waals surface area (Å²) in [6, 6.07) is 0. The van der Waals surface area contributed by atoms with Gasteiger partial charge in [0, 0.05) is 12.8 Å². The van der Waals surface area contributed by atoms with Gasteiger partial charge in [-0.1, -0.05) is 288 Å². The molecule has 0 aliphatic heterocycles. The van der Waals surface area contributed by atoms with E-state index in [0.29, 0.717) is 23.9 Å². The van der Waals surface area contributed by atoms with Crippen molar-refractivity contribution in [3.8, 4) is 0 Å². The number of carbonyl (C=O) groups is 2. The van der Waals surface area contributed by atoms with E-state index in [-0.39, 0.29) is 26.1 Å². The van der Waals surface area contributed by atoms with Crippen LogP contribution in [-0.4, -0.2) is 70.0 Å². The predicted molar refractivity (Wildman–Crippen MR) is 369 cm³/mol. The lowest BCUT2D eigenvalue weighted by atomic mass is 10.0. The summed E-state index contributed by atoms with van der Waals surface area (Å²) in [5.41, 5.74) is 0. The molecule has 0 fully saturated rings. The van der Waals surface area contributed by atoms with Gasteiger partial charge in [-0.25, -0.2) is 0 Å². The second-order valence-corrected chi connectivity index (χ2v) is 25.2. The summed E-state index contributed by atoms with van der Waals surface area (Å²) in [4.78, 5) is 38.0. The number of rotatable bonds is 62. The number of likely N-dealkylation sites (N-methyl/N-ethyl adjacent to an activating group) is 1. The largest absolute Gasteiger partial charge is 0.756 e. The van der Waals surface area contributed by atoms with Crippen molar-refractivity contribution in [2.75, 3.05) is 47.5 Å². The van der Waals surface area contributed by atoms with Gasteiger partial charge in [0.25, 0.3) is 7.82 Å². The van der Waals surface area contributed by atoms with E-state index in [1.807, 2.05) is 21.1 Å². The van der Waals surface area contributed by atoms with Crippen LogP contribution in [0.3, 0.4) is 0 Å². The lowest BCUT2D eigenvalue weighted by molar-refractivity contribution is -0.870. The lowest BCUT2D eigenvalue weighted by Crippen LogP contribution is -2.37. The van der Waals surface area contributed by atoms with E-state index in [1.54, 1.807) is 0 Å². The maximum absolute atomic E-state index is 12.9. The number of hydrogen-bond acceptors (Lipinski definition) is 8. The fourth-order valence-corrected chi connectivity index (χ4v) is 9.86. The third kappa shape index (κ3) is 69.0. The smallest absolute Gasteiger partial charge is 0.306 e. The molecule has 0 heterocycles. The van der Waals surface area contributed by atoms with Gasteiger partial charge in [0.1, 0.15) is 19.8 Å². The first-order valence-electron chi connectivity index (χ1n) is 34.5. The van der Waals surface area contributed by atoms with Crippen molar-refractivity contribution < 1.29 is 42.1 Å². The Hall–Kier alpha value is -4.11. The third-order valence-corrected chi connectivity index (χ3v) is 15.3. The molecule has 0 aliphatic carbocycles. The minimum atomic E-state index is -4.65. The van der Waals surface area contributed by atoms with Gasteiger partial charge in [0.2, 0.25) is 0 Å². The van der Waals surface area contributed by atoms with E-state index in [1.165, 1.54) is 109 Å². The molecule has 0 rings (SSSR count). The number of unbranched alkanes of at least 4 members (excludes halogenated alkanes) is 24. The van der Waals surface area contributed by atoms with Crippen LogP contribution >= 0.6 is 7.82 Å². The van der Waals surface area contributed by atoms with E-state index < -0.39 is 32.5 Å². The minimum absolute atomic E-state index is 0.0385.